The Morgan fingerprint density at radius 2 is 1.44 bits per heavy atom. The molecule has 1 aromatic carbocycles. The maximum Gasteiger partial charge on any atom is 0.512 e. The average Bonchev–Trinajstić information content (AvgIpc) is 2.51. The number of rotatable bonds is 7. The fraction of sp³-hybridized carbons (Fsp3) is 0.571. The molecule has 0 heterocycles. The lowest BCUT2D eigenvalue weighted by molar-refractivity contribution is -0.134. The number of alkyl halides is 6. The Balaban J connectivity index is 3.42. The van der Waals surface area contributed by atoms with Gasteiger partial charge in [-0.2, -0.15) is 26.3 Å². The van der Waals surface area contributed by atoms with Crippen LogP contribution in [0.4, 0.5) is 26.3 Å². The molecule has 0 saturated carbocycles. The van der Waals surface area contributed by atoms with Gasteiger partial charge in [-0.05, 0) is 30.0 Å². The van der Waals surface area contributed by atoms with E-state index < -0.39 is 53.3 Å². The van der Waals surface area contributed by atoms with Crippen LogP contribution in [0.2, 0.25) is 0 Å². The third-order valence-corrected chi connectivity index (χ3v) is 7.83. The molecule has 156 valence electrons. The second kappa shape index (κ2) is 7.95. The minimum absolute atomic E-state index is 0.0120. The molecular weight excluding hydrogens is 424 g/mol. The number of nitrogens with zero attached hydrogens (tertiary/aromatic N) is 1. The van der Waals surface area contributed by atoms with Gasteiger partial charge in [0.15, 0.2) is 0 Å². The van der Waals surface area contributed by atoms with Crippen LogP contribution in [0.15, 0.2) is 29.2 Å². The smallest absolute Gasteiger partial charge is 0.206 e. The van der Waals surface area contributed by atoms with Gasteiger partial charge < -0.3 is 0 Å². The zero-order valence-electron chi connectivity index (χ0n) is 14.2. The van der Waals surface area contributed by atoms with Crippen molar-refractivity contribution >= 4 is 20.0 Å². The Morgan fingerprint density at radius 3 is 1.81 bits per heavy atom. The highest BCUT2D eigenvalue weighted by Crippen LogP contribution is 2.33. The predicted molar refractivity (Wildman–Crippen MR) is 84.7 cm³/mol. The molecule has 1 aromatic rings. The number of sulfonamides is 2. The van der Waals surface area contributed by atoms with Crippen molar-refractivity contribution in [1.29, 1.82) is 0 Å². The largest absolute Gasteiger partial charge is 0.512 e. The lowest BCUT2D eigenvalue weighted by atomic mass is 9.99. The normalized spacial score (nSPS) is 15.1. The zero-order chi connectivity index (χ0) is 21.3. The number of hydrogen-bond donors (Lipinski definition) is 0. The van der Waals surface area contributed by atoms with Gasteiger partial charge in [0.2, 0.25) is 0 Å². The fourth-order valence-corrected chi connectivity index (χ4v) is 5.18. The van der Waals surface area contributed by atoms with E-state index in [1.807, 2.05) is 6.92 Å². The van der Waals surface area contributed by atoms with Crippen molar-refractivity contribution in [3.8, 4) is 0 Å². The number of halogens is 6. The molecule has 0 spiro atoms. The third kappa shape index (κ3) is 5.57. The molecule has 0 aliphatic heterocycles. The van der Waals surface area contributed by atoms with Crippen molar-refractivity contribution < 1.29 is 43.2 Å². The van der Waals surface area contributed by atoms with Crippen LogP contribution in [0.3, 0.4) is 0 Å². The molecule has 1 unspecified atom stereocenters. The van der Waals surface area contributed by atoms with Crippen LogP contribution in [0.25, 0.3) is 0 Å². The zero-order valence-corrected chi connectivity index (χ0v) is 15.8. The molecule has 1 rings (SSSR count). The van der Waals surface area contributed by atoms with Gasteiger partial charge in [0, 0.05) is 6.54 Å². The molecular formula is C14H17F6NO4S2. The van der Waals surface area contributed by atoms with Crippen LogP contribution in [0.5, 0.6) is 0 Å². The lowest BCUT2D eigenvalue weighted by Gasteiger charge is -2.23. The van der Waals surface area contributed by atoms with Crippen molar-refractivity contribution in [3.05, 3.63) is 29.8 Å². The molecule has 0 saturated heterocycles. The molecule has 27 heavy (non-hydrogen) atoms. The van der Waals surface area contributed by atoms with E-state index >= 15 is 0 Å². The van der Waals surface area contributed by atoms with Crippen LogP contribution in [-0.2, 0) is 20.0 Å². The van der Waals surface area contributed by atoms with E-state index in [-0.39, 0.29) is 5.92 Å². The number of benzene rings is 1. The maximum atomic E-state index is 12.8. The van der Waals surface area contributed by atoms with Crippen LogP contribution in [0, 0.1) is 0 Å². The van der Waals surface area contributed by atoms with Crippen LogP contribution in [0.1, 0.15) is 38.2 Å². The summed E-state index contributed by atoms with van der Waals surface area (Å²) in [5.74, 6) is -0.0120. The van der Waals surface area contributed by atoms with Crippen LogP contribution >= 0.6 is 0 Å². The first-order chi connectivity index (χ1) is 12.0. The molecule has 0 aromatic heterocycles. The molecule has 0 fully saturated rings. The molecule has 13 heteroatoms. The quantitative estimate of drug-likeness (QED) is 0.600. The Hall–Kier alpha value is -1.34. The Labute approximate surface area is 153 Å². The summed E-state index contributed by atoms with van der Waals surface area (Å²) in [6.45, 7) is 1.72. The topological polar surface area (TPSA) is 71.5 Å². The van der Waals surface area contributed by atoms with E-state index in [0.29, 0.717) is 12.0 Å². The average molecular weight is 441 g/mol. The highest BCUT2D eigenvalue weighted by atomic mass is 32.3. The summed E-state index contributed by atoms with van der Waals surface area (Å²) in [6, 6.07) is 4.26. The van der Waals surface area contributed by atoms with Crippen molar-refractivity contribution in [2.45, 2.75) is 49.2 Å². The van der Waals surface area contributed by atoms with E-state index in [1.165, 1.54) is 12.1 Å². The Kier molecular flexibility index (Phi) is 6.98. The Morgan fingerprint density at radius 1 is 0.963 bits per heavy atom. The van der Waals surface area contributed by atoms with Gasteiger partial charge in [0.1, 0.15) is 0 Å². The van der Waals surface area contributed by atoms with Crippen molar-refractivity contribution in [3.63, 3.8) is 0 Å². The summed E-state index contributed by atoms with van der Waals surface area (Å²) in [6.07, 6.45) is -6.45. The van der Waals surface area contributed by atoms with E-state index in [2.05, 4.69) is 0 Å². The highest BCUT2D eigenvalue weighted by molar-refractivity contribution is 8.04. The Bertz CT molecular complexity index is 845. The molecule has 0 bridgehead atoms. The standard InChI is InChI=1S/C14H17F6NO4S2/c1-3-10(2)11-4-6-12(7-5-11)26(22,23)21(9-8-13(15,16)17)27(24,25)14(18,19)20/h4-7,10H,3,8-9H2,1-2H3. The van der Waals surface area contributed by atoms with Gasteiger partial charge in [-0.25, -0.2) is 16.8 Å². The summed E-state index contributed by atoms with van der Waals surface area (Å²) < 4.78 is 122. The van der Waals surface area contributed by atoms with E-state index in [4.69, 9.17) is 0 Å². The van der Waals surface area contributed by atoms with Gasteiger partial charge in [0.05, 0.1) is 11.3 Å². The summed E-state index contributed by atoms with van der Waals surface area (Å²) in [7, 11) is -11.9. The van der Waals surface area contributed by atoms with Gasteiger partial charge in [-0.1, -0.05) is 29.7 Å². The monoisotopic (exact) mass is 441 g/mol. The second-order valence-electron chi connectivity index (χ2n) is 5.70. The molecule has 0 radical (unpaired) electrons. The van der Waals surface area contributed by atoms with E-state index in [0.717, 1.165) is 12.1 Å². The van der Waals surface area contributed by atoms with E-state index in [1.54, 1.807) is 6.92 Å². The molecule has 0 aliphatic rings. The van der Waals surface area contributed by atoms with Gasteiger partial charge in [-0.3, -0.25) is 0 Å². The summed E-state index contributed by atoms with van der Waals surface area (Å²) in [5.41, 5.74) is -5.44. The first-order valence-electron chi connectivity index (χ1n) is 7.55. The fourth-order valence-electron chi connectivity index (χ4n) is 2.02. The maximum absolute atomic E-state index is 12.8. The summed E-state index contributed by atoms with van der Waals surface area (Å²) in [4.78, 5) is -0.857. The molecule has 1 atom stereocenters. The van der Waals surface area contributed by atoms with Crippen molar-refractivity contribution in [2.75, 3.05) is 6.54 Å². The van der Waals surface area contributed by atoms with Gasteiger partial charge >= 0.3 is 21.7 Å². The van der Waals surface area contributed by atoms with Crippen molar-refractivity contribution in [2.24, 2.45) is 0 Å². The van der Waals surface area contributed by atoms with Crippen LogP contribution in [-0.4, -0.2) is 38.8 Å². The summed E-state index contributed by atoms with van der Waals surface area (Å²) >= 11 is 0. The third-order valence-electron chi connectivity index (χ3n) is 3.77. The molecule has 0 aliphatic carbocycles. The van der Waals surface area contributed by atoms with Gasteiger partial charge in [-0.15, -0.1) is 0 Å². The summed E-state index contributed by atoms with van der Waals surface area (Å²) in [5, 5.41) is 0. The van der Waals surface area contributed by atoms with Gasteiger partial charge in [0.25, 0.3) is 10.0 Å². The number of hydrogen-bond acceptors (Lipinski definition) is 4. The predicted octanol–water partition coefficient (Wildman–Crippen LogP) is 3.99. The lowest BCUT2D eigenvalue weighted by Crippen LogP contribution is -2.45. The van der Waals surface area contributed by atoms with E-state index in [9.17, 15) is 43.2 Å². The van der Waals surface area contributed by atoms with Crippen molar-refractivity contribution in [1.82, 2.24) is 3.71 Å². The molecule has 0 N–H and O–H groups in total. The van der Waals surface area contributed by atoms with Crippen LogP contribution < -0.4 is 0 Å². The minimum atomic E-state index is -6.55. The second-order valence-corrected chi connectivity index (χ2v) is 9.64. The first-order valence-corrected chi connectivity index (χ1v) is 10.4. The minimum Gasteiger partial charge on any atom is -0.206 e. The first kappa shape index (κ1) is 23.7. The molecule has 0 amide bonds. The SMILES string of the molecule is CCC(C)c1ccc(S(=O)(=O)N(CCC(F)(F)F)S(=O)(=O)C(F)(F)F)cc1. The highest BCUT2D eigenvalue weighted by Gasteiger charge is 2.55. The molecule has 5 nitrogen and oxygen atoms in total.